The van der Waals surface area contributed by atoms with Crippen LogP contribution >= 0.6 is 46.4 Å². The molecule has 0 saturated heterocycles. The van der Waals surface area contributed by atoms with Gasteiger partial charge in [0.1, 0.15) is 0 Å². The first-order chi connectivity index (χ1) is 10.6. The first-order valence-electron chi connectivity index (χ1n) is 6.56. The standard InChI is InChI=1S/C18H10Cl4/c19-12-6-4-11(5-7-12)18-14(2-1-3-17(18)22)15-10-13(20)8-9-16(15)21/h1-10H. The summed E-state index contributed by atoms with van der Waals surface area (Å²) < 4.78 is 0. The Morgan fingerprint density at radius 1 is 0.545 bits per heavy atom. The molecule has 4 heteroatoms. The molecule has 0 atom stereocenters. The lowest BCUT2D eigenvalue weighted by atomic mass is 9.94. The molecule has 0 spiro atoms. The second-order valence-corrected chi connectivity index (χ2v) is 6.48. The Kier molecular flexibility index (Phi) is 4.65. The van der Waals surface area contributed by atoms with Gasteiger partial charge < -0.3 is 0 Å². The Morgan fingerprint density at radius 2 is 1.23 bits per heavy atom. The van der Waals surface area contributed by atoms with Gasteiger partial charge >= 0.3 is 0 Å². The fourth-order valence-electron chi connectivity index (χ4n) is 2.36. The van der Waals surface area contributed by atoms with Crippen molar-refractivity contribution in [3.8, 4) is 22.3 Å². The van der Waals surface area contributed by atoms with E-state index in [2.05, 4.69) is 0 Å². The van der Waals surface area contributed by atoms with Crippen LogP contribution < -0.4 is 0 Å². The maximum Gasteiger partial charge on any atom is 0.0490 e. The van der Waals surface area contributed by atoms with E-state index in [1.54, 1.807) is 12.1 Å². The van der Waals surface area contributed by atoms with E-state index >= 15 is 0 Å². The van der Waals surface area contributed by atoms with Gasteiger partial charge in [-0.3, -0.25) is 0 Å². The van der Waals surface area contributed by atoms with E-state index in [-0.39, 0.29) is 0 Å². The summed E-state index contributed by atoms with van der Waals surface area (Å²) in [6, 6.07) is 18.7. The molecule has 0 aliphatic carbocycles. The molecular formula is C18H10Cl4. The highest BCUT2D eigenvalue weighted by Gasteiger charge is 2.14. The van der Waals surface area contributed by atoms with Crippen molar-refractivity contribution in [2.75, 3.05) is 0 Å². The second kappa shape index (κ2) is 6.52. The Balaban J connectivity index is 2.27. The van der Waals surface area contributed by atoms with Crippen LogP contribution in [0, 0.1) is 0 Å². The molecule has 0 heterocycles. The lowest BCUT2D eigenvalue weighted by Crippen LogP contribution is -1.88. The van der Waals surface area contributed by atoms with Gasteiger partial charge in [-0.2, -0.15) is 0 Å². The summed E-state index contributed by atoms with van der Waals surface area (Å²) in [7, 11) is 0. The van der Waals surface area contributed by atoms with Crippen molar-refractivity contribution in [2.24, 2.45) is 0 Å². The van der Waals surface area contributed by atoms with E-state index in [4.69, 9.17) is 46.4 Å². The summed E-state index contributed by atoms with van der Waals surface area (Å²) in [4.78, 5) is 0. The molecule has 0 aliphatic rings. The van der Waals surface area contributed by atoms with E-state index < -0.39 is 0 Å². The van der Waals surface area contributed by atoms with Crippen LogP contribution in [0.1, 0.15) is 0 Å². The number of hydrogen-bond donors (Lipinski definition) is 0. The molecule has 0 fully saturated rings. The molecule has 3 aromatic rings. The summed E-state index contributed by atoms with van der Waals surface area (Å²) in [5.74, 6) is 0. The molecular weight excluding hydrogens is 358 g/mol. The minimum Gasteiger partial charge on any atom is -0.0843 e. The third-order valence-electron chi connectivity index (χ3n) is 3.37. The molecule has 3 rings (SSSR count). The first-order valence-corrected chi connectivity index (χ1v) is 8.07. The van der Waals surface area contributed by atoms with Crippen molar-refractivity contribution in [1.82, 2.24) is 0 Å². The van der Waals surface area contributed by atoms with Crippen LogP contribution in [0.5, 0.6) is 0 Å². The minimum atomic E-state index is 0.626. The van der Waals surface area contributed by atoms with Crippen molar-refractivity contribution in [2.45, 2.75) is 0 Å². The SMILES string of the molecule is Clc1ccc(-c2c(Cl)cccc2-c2cc(Cl)ccc2Cl)cc1. The topological polar surface area (TPSA) is 0 Å². The summed E-state index contributed by atoms with van der Waals surface area (Å²) in [5.41, 5.74) is 3.66. The number of benzene rings is 3. The van der Waals surface area contributed by atoms with Gasteiger partial charge in [0.15, 0.2) is 0 Å². The van der Waals surface area contributed by atoms with Gasteiger partial charge in [0, 0.05) is 31.2 Å². The average molecular weight is 368 g/mol. The Hall–Kier alpha value is -1.18. The van der Waals surface area contributed by atoms with Crippen LogP contribution in [-0.2, 0) is 0 Å². The lowest BCUT2D eigenvalue weighted by Gasteiger charge is -2.14. The molecule has 22 heavy (non-hydrogen) atoms. The molecule has 0 aliphatic heterocycles. The van der Waals surface area contributed by atoms with Crippen LogP contribution in [-0.4, -0.2) is 0 Å². The van der Waals surface area contributed by atoms with Crippen molar-refractivity contribution in [3.05, 3.63) is 80.8 Å². The molecule has 0 N–H and O–H groups in total. The van der Waals surface area contributed by atoms with Crippen LogP contribution in [0.15, 0.2) is 60.7 Å². The number of hydrogen-bond acceptors (Lipinski definition) is 0. The predicted octanol–water partition coefficient (Wildman–Crippen LogP) is 7.63. The van der Waals surface area contributed by atoms with Crippen molar-refractivity contribution >= 4 is 46.4 Å². The van der Waals surface area contributed by atoms with Crippen molar-refractivity contribution in [1.29, 1.82) is 0 Å². The van der Waals surface area contributed by atoms with Gasteiger partial charge in [0.2, 0.25) is 0 Å². The maximum atomic E-state index is 6.44. The summed E-state index contributed by atoms with van der Waals surface area (Å²) in [6.45, 7) is 0. The number of halogens is 4. The van der Waals surface area contributed by atoms with Gasteiger partial charge in [-0.15, -0.1) is 0 Å². The van der Waals surface area contributed by atoms with Gasteiger partial charge in [0.05, 0.1) is 0 Å². The summed E-state index contributed by atoms with van der Waals surface area (Å²) in [5, 5.41) is 2.58. The zero-order valence-corrected chi connectivity index (χ0v) is 14.3. The summed E-state index contributed by atoms with van der Waals surface area (Å²) in [6.07, 6.45) is 0. The zero-order valence-electron chi connectivity index (χ0n) is 11.3. The Bertz CT molecular complexity index is 823. The predicted molar refractivity (Wildman–Crippen MR) is 97.4 cm³/mol. The van der Waals surface area contributed by atoms with Crippen LogP contribution in [0.4, 0.5) is 0 Å². The normalized spacial score (nSPS) is 10.7. The molecule has 0 amide bonds. The zero-order chi connectivity index (χ0) is 15.7. The van der Waals surface area contributed by atoms with Gasteiger partial charge in [0.25, 0.3) is 0 Å². The molecule has 3 aromatic carbocycles. The molecule has 0 saturated carbocycles. The molecule has 0 aromatic heterocycles. The van der Waals surface area contributed by atoms with Gasteiger partial charge in [-0.05, 0) is 47.5 Å². The van der Waals surface area contributed by atoms with Gasteiger partial charge in [-0.1, -0.05) is 70.7 Å². The minimum absolute atomic E-state index is 0.626. The van der Waals surface area contributed by atoms with E-state index in [0.717, 1.165) is 22.3 Å². The highest BCUT2D eigenvalue weighted by molar-refractivity contribution is 6.37. The first kappa shape index (κ1) is 15.7. The maximum absolute atomic E-state index is 6.44. The second-order valence-electron chi connectivity index (χ2n) is 4.79. The lowest BCUT2D eigenvalue weighted by molar-refractivity contribution is 1.58. The Morgan fingerprint density at radius 3 is 1.95 bits per heavy atom. The number of rotatable bonds is 2. The highest BCUT2D eigenvalue weighted by atomic mass is 35.5. The third-order valence-corrected chi connectivity index (χ3v) is 4.50. The van der Waals surface area contributed by atoms with Crippen molar-refractivity contribution in [3.63, 3.8) is 0 Å². The average Bonchev–Trinajstić information content (AvgIpc) is 2.51. The molecule has 0 bridgehead atoms. The van der Waals surface area contributed by atoms with E-state index in [1.807, 2.05) is 48.5 Å². The van der Waals surface area contributed by atoms with E-state index in [9.17, 15) is 0 Å². The Labute approximate surface area is 149 Å². The quantitative estimate of drug-likeness (QED) is 0.436. The smallest absolute Gasteiger partial charge is 0.0490 e. The molecule has 0 radical (unpaired) electrons. The van der Waals surface area contributed by atoms with Crippen LogP contribution in [0.2, 0.25) is 20.1 Å². The fraction of sp³-hybridized carbons (Fsp3) is 0. The monoisotopic (exact) mass is 366 g/mol. The highest BCUT2D eigenvalue weighted by Crippen LogP contribution is 2.41. The largest absolute Gasteiger partial charge is 0.0843 e. The van der Waals surface area contributed by atoms with E-state index in [1.165, 1.54) is 0 Å². The molecule has 0 nitrogen and oxygen atoms in total. The molecule has 110 valence electrons. The third kappa shape index (κ3) is 3.11. The van der Waals surface area contributed by atoms with Crippen LogP contribution in [0.3, 0.4) is 0 Å². The van der Waals surface area contributed by atoms with Crippen LogP contribution in [0.25, 0.3) is 22.3 Å². The molecule has 0 unspecified atom stereocenters. The van der Waals surface area contributed by atoms with E-state index in [0.29, 0.717) is 20.1 Å². The van der Waals surface area contributed by atoms with Crippen molar-refractivity contribution < 1.29 is 0 Å². The fourth-order valence-corrected chi connectivity index (χ4v) is 3.16. The summed E-state index contributed by atoms with van der Waals surface area (Å²) >= 11 is 24.9. The van der Waals surface area contributed by atoms with Gasteiger partial charge in [-0.25, -0.2) is 0 Å².